The summed E-state index contributed by atoms with van der Waals surface area (Å²) in [6.45, 7) is 0.657. The first kappa shape index (κ1) is 15.2. The maximum Gasteiger partial charge on any atom is 0.171 e. The van der Waals surface area contributed by atoms with Crippen molar-refractivity contribution in [2.24, 2.45) is 5.73 Å². The molecule has 0 radical (unpaired) electrons. The van der Waals surface area contributed by atoms with Gasteiger partial charge in [-0.3, -0.25) is 0 Å². The zero-order valence-corrected chi connectivity index (χ0v) is 13.8. The van der Waals surface area contributed by atoms with Crippen LogP contribution in [0.2, 0.25) is 5.02 Å². The number of nitrogens with zero attached hydrogens (tertiary/aromatic N) is 2. The summed E-state index contributed by atoms with van der Waals surface area (Å²) in [5.74, 6) is 0.739. The molecule has 0 saturated carbocycles. The van der Waals surface area contributed by atoms with Gasteiger partial charge < -0.3 is 10.6 Å². The number of aromatic nitrogens is 1. The van der Waals surface area contributed by atoms with E-state index in [0.29, 0.717) is 11.7 Å². The average molecular weight is 371 g/mol. The van der Waals surface area contributed by atoms with Gasteiger partial charge in [0, 0.05) is 22.2 Å². The van der Waals surface area contributed by atoms with Gasteiger partial charge >= 0.3 is 0 Å². The average Bonchev–Trinajstić information content (AvgIpc) is 2.41. The second-order valence-electron chi connectivity index (χ2n) is 4.20. The van der Waals surface area contributed by atoms with E-state index < -0.39 is 0 Å². The van der Waals surface area contributed by atoms with E-state index in [1.807, 2.05) is 41.3 Å². The smallest absolute Gasteiger partial charge is 0.171 e. The summed E-state index contributed by atoms with van der Waals surface area (Å²) in [6.07, 6.45) is 2.51. The van der Waals surface area contributed by atoms with Crippen molar-refractivity contribution in [2.75, 3.05) is 11.4 Å². The molecule has 104 valence electrons. The van der Waals surface area contributed by atoms with Gasteiger partial charge in [-0.15, -0.1) is 0 Å². The standard InChI is InChI=1S/C14H13BrClN3S/c15-11-4-5-13(18-9-11)19(14(17)20)7-6-10-2-1-3-12(16)8-10/h1-5,8-9H,6-7H2,(H2,17,20). The molecule has 0 fully saturated rings. The number of hydrogen-bond donors (Lipinski definition) is 1. The van der Waals surface area contributed by atoms with Gasteiger partial charge in [0.2, 0.25) is 0 Å². The molecular formula is C14H13BrClN3S. The third-order valence-corrected chi connectivity index (χ3v) is 3.69. The molecule has 3 nitrogen and oxygen atoms in total. The lowest BCUT2D eigenvalue weighted by molar-refractivity contribution is 0.918. The topological polar surface area (TPSA) is 42.1 Å². The van der Waals surface area contributed by atoms with E-state index in [1.54, 1.807) is 6.20 Å². The van der Waals surface area contributed by atoms with Crippen molar-refractivity contribution in [3.63, 3.8) is 0 Å². The van der Waals surface area contributed by atoms with Crippen LogP contribution in [0.25, 0.3) is 0 Å². The molecule has 0 aliphatic heterocycles. The van der Waals surface area contributed by atoms with E-state index in [0.717, 1.165) is 27.3 Å². The van der Waals surface area contributed by atoms with Gasteiger partial charge in [-0.2, -0.15) is 0 Å². The summed E-state index contributed by atoms with van der Waals surface area (Å²) in [6, 6.07) is 11.5. The van der Waals surface area contributed by atoms with Gasteiger partial charge in [0.1, 0.15) is 5.82 Å². The Labute approximate surface area is 136 Å². The van der Waals surface area contributed by atoms with Crippen LogP contribution in [0, 0.1) is 0 Å². The second kappa shape index (κ2) is 7.02. The van der Waals surface area contributed by atoms with Crippen LogP contribution in [0.1, 0.15) is 5.56 Å². The van der Waals surface area contributed by atoms with E-state index >= 15 is 0 Å². The van der Waals surface area contributed by atoms with Crippen LogP contribution in [0.5, 0.6) is 0 Å². The van der Waals surface area contributed by atoms with E-state index in [-0.39, 0.29) is 0 Å². The minimum atomic E-state index is 0.307. The van der Waals surface area contributed by atoms with Gasteiger partial charge in [0.05, 0.1) is 0 Å². The minimum Gasteiger partial charge on any atom is -0.376 e. The highest BCUT2D eigenvalue weighted by Gasteiger charge is 2.10. The number of thiocarbonyl (C=S) groups is 1. The van der Waals surface area contributed by atoms with Crippen LogP contribution in [-0.4, -0.2) is 16.6 Å². The largest absolute Gasteiger partial charge is 0.376 e. The fourth-order valence-electron chi connectivity index (χ4n) is 1.80. The second-order valence-corrected chi connectivity index (χ2v) is 5.97. The molecule has 2 rings (SSSR count). The highest BCUT2D eigenvalue weighted by atomic mass is 79.9. The third-order valence-electron chi connectivity index (χ3n) is 2.77. The Morgan fingerprint density at radius 2 is 2.15 bits per heavy atom. The lowest BCUT2D eigenvalue weighted by atomic mass is 10.1. The lowest BCUT2D eigenvalue weighted by Gasteiger charge is -2.21. The summed E-state index contributed by atoms with van der Waals surface area (Å²) in [5, 5.41) is 1.04. The minimum absolute atomic E-state index is 0.307. The molecule has 2 aromatic rings. The van der Waals surface area contributed by atoms with E-state index in [2.05, 4.69) is 20.9 Å². The third kappa shape index (κ3) is 4.16. The van der Waals surface area contributed by atoms with E-state index in [4.69, 9.17) is 29.6 Å². The predicted molar refractivity (Wildman–Crippen MR) is 91.2 cm³/mol. The molecule has 6 heteroatoms. The van der Waals surface area contributed by atoms with Gasteiger partial charge in [0.25, 0.3) is 0 Å². The number of anilines is 1. The first-order valence-electron chi connectivity index (χ1n) is 5.99. The molecule has 0 spiro atoms. The Bertz CT molecular complexity index is 604. The van der Waals surface area contributed by atoms with E-state index in [9.17, 15) is 0 Å². The summed E-state index contributed by atoms with van der Waals surface area (Å²) < 4.78 is 0.916. The molecular weight excluding hydrogens is 358 g/mol. The zero-order valence-electron chi connectivity index (χ0n) is 10.6. The number of pyridine rings is 1. The monoisotopic (exact) mass is 369 g/mol. The van der Waals surface area contributed by atoms with Crippen molar-refractivity contribution < 1.29 is 0 Å². The Kier molecular flexibility index (Phi) is 5.34. The zero-order chi connectivity index (χ0) is 14.5. The first-order chi connectivity index (χ1) is 9.56. The molecule has 0 atom stereocenters. The SMILES string of the molecule is NC(=S)N(CCc1cccc(Cl)c1)c1ccc(Br)cn1. The van der Waals surface area contributed by atoms with Gasteiger partial charge in [0.15, 0.2) is 5.11 Å². The van der Waals surface area contributed by atoms with Crippen molar-refractivity contribution >= 4 is 50.7 Å². The Morgan fingerprint density at radius 3 is 2.75 bits per heavy atom. The Morgan fingerprint density at radius 1 is 1.35 bits per heavy atom. The Balaban J connectivity index is 2.10. The van der Waals surface area contributed by atoms with Gasteiger partial charge in [-0.1, -0.05) is 23.7 Å². The molecule has 0 bridgehead atoms. The number of nitrogens with two attached hydrogens (primary N) is 1. The lowest BCUT2D eigenvalue weighted by Crippen LogP contribution is -2.37. The van der Waals surface area contributed by atoms with Crippen molar-refractivity contribution in [3.05, 3.63) is 57.7 Å². The molecule has 0 aliphatic rings. The predicted octanol–water partition coefficient (Wildman–Crippen LogP) is 3.79. The molecule has 0 aliphatic carbocycles. The summed E-state index contributed by atoms with van der Waals surface area (Å²) in [7, 11) is 0. The number of hydrogen-bond acceptors (Lipinski definition) is 2. The molecule has 1 aromatic carbocycles. The molecule has 2 N–H and O–H groups in total. The number of benzene rings is 1. The first-order valence-corrected chi connectivity index (χ1v) is 7.57. The number of rotatable bonds is 4. The Hall–Kier alpha value is -1.17. The van der Waals surface area contributed by atoms with Crippen molar-refractivity contribution in [2.45, 2.75) is 6.42 Å². The van der Waals surface area contributed by atoms with Crippen LogP contribution in [0.15, 0.2) is 47.1 Å². The molecule has 0 saturated heterocycles. The summed E-state index contributed by atoms with van der Waals surface area (Å²) in [4.78, 5) is 6.12. The van der Waals surface area contributed by atoms with Crippen LogP contribution in [0.3, 0.4) is 0 Å². The molecule has 1 aromatic heterocycles. The summed E-state index contributed by atoms with van der Waals surface area (Å²) >= 11 is 14.4. The van der Waals surface area contributed by atoms with Crippen LogP contribution < -0.4 is 10.6 Å². The molecule has 0 unspecified atom stereocenters. The highest BCUT2D eigenvalue weighted by Crippen LogP contribution is 2.16. The van der Waals surface area contributed by atoms with E-state index in [1.165, 1.54) is 0 Å². The molecule has 1 heterocycles. The fourth-order valence-corrected chi connectivity index (χ4v) is 2.43. The maximum absolute atomic E-state index is 5.98. The quantitative estimate of drug-likeness (QED) is 0.832. The van der Waals surface area contributed by atoms with Crippen molar-refractivity contribution in [1.82, 2.24) is 4.98 Å². The van der Waals surface area contributed by atoms with Gasteiger partial charge in [-0.25, -0.2) is 4.98 Å². The van der Waals surface area contributed by atoms with Crippen LogP contribution in [-0.2, 0) is 6.42 Å². The molecule has 0 amide bonds. The highest BCUT2D eigenvalue weighted by molar-refractivity contribution is 9.10. The summed E-state index contributed by atoms with van der Waals surface area (Å²) in [5.41, 5.74) is 6.92. The van der Waals surface area contributed by atoms with Crippen LogP contribution in [0.4, 0.5) is 5.82 Å². The fraction of sp³-hybridized carbons (Fsp3) is 0.143. The maximum atomic E-state index is 5.98. The molecule has 20 heavy (non-hydrogen) atoms. The van der Waals surface area contributed by atoms with Gasteiger partial charge in [-0.05, 0) is 64.4 Å². The normalized spacial score (nSPS) is 10.3. The number of halogens is 2. The van der Waals surface area contributed by atoms with Crippen LogP contribution >= 0.6 is 39.7 Å². The van der Waals surface area contributed by atoms with Crippen molar-refractivity contribution in [3.8, 4) is 0 Å². The van der Waals surface area contributed by atoms with Crippen molar-refractivity contribution in [1.29, 1.82) is 0 Å².